The van der Waals surface area contributed by atoms with Gasteiger partial charge in [-0.15, -0.1) is 5.10 Å². The fourth-order valence-electron chi connectivity index (χ4n) is 1.60. The second-order valence-electron chi connectivity index (χ2n) is 3.61. The van der Waals surface area contributed by atoms with Crippen LogP contribution in [0.5, 0.6) is 0 Å². The van der Waals surface area contributed by atoms with Crippen LogP contribution in [0.4, 0.5) is 5.69 Å². The van der Waals surface area contributed by atoms with Crippen molar-refractivity contribution in [2.24, 2.45) is 0 Å². The minimum atomic E-state index is -1.27. The first-order valence-electron chi connectivity index (χ1n) is 5.02. The first kappa shape index (κ1) is 13.0. The highest BCUT2D eigenvalue weighted by Gasteiger charge is 2.24. The zero-order chi connectivity index (χ0) is 14.2. The summed E-state index contributed by atoms with van der Waals surface area (Å²) in [6.07, 6.45) is 0. The fourth-order valence-corrected chi connectivity index (χ4v) is 1.85. The molecule has 8 nitrogen and oxygen atoms in total. The fraction of sp³-hybridized carbons (Fsp3) is 0.100. The lowest BCUT2D eigenvalue weighted by Crippen LogP contribution is -2.06. The summed E-state index contributed by atoms with van der Waals surface area (Å²) in [7, 11) is 0. The van der Waals surface area contributed by atoms with Crippen molar-refractivity contribution in [2.45, 2.75) is 6.92 Å². The molecule has 0 amide bonds. The van der Waals surface area contributed by atoms with Crippen LogP contribution in [0, 0.1) is 17.0 Å². The van der Waals surface area contributed by atoms with E-state index in [0.717, 1.165) is 4.68 Å². The molecule has 2 rings (SSSR count). The van der Waals surface area contributed by atoms with E-state index in [0.29, 0.717) is 0 Å². The number of hydrogen-bond acceptors (Lipinski definition) is 5. The molecule has 0 aliphatic rings. The summed E-state index contributed by atoms with van der Waals surface area (Å²) in [5.41, 5.74) is -0.415. The molecule has 98 valence electrons. The zero-order valence-corrected chi connectivity index (χ0v) is 10.3. The Morgan fingerprint density at radius 3 is 2.74 bits per heavy atom. The van der Waals surface area contributed by atoms with Gasteiger partial charge in [-0.25, -0.2) is 9.48 Å². The van der Waals surface area contributed by atoms with Crippen molar-refractivity contribution in [3.8, 4) is 5.69 Å². The minimum Gasteiger partial charge on any atom is -0.476 e. The maximum Gasteiger partial charge on any atom is 0.358 e. The van der Waals surface area contributed by atoms with E-state index in [9.17, 15) is 14.9 Å². The van der Waals surface area contributed by atoms with Gasteiger partial charge in [-0.3, -0.25) is 10.1 Å². The Morgan fingerprint density at radius 2 is 2.21 bits per heavy atom. The van der Waals surface area contributed by atoms with Gasteiger partial charge >= 0.3 is 5.97 Å². The third-order valence-electron chi connectivity index (χ3n) is 2.47. The molecule has 1 N–H and O–H groups in total. The molecule has 2 aromatic rings. The van der Waals surface area contributed by atoms with Crippen LogP contribution >= 0.6 is 11.6 Å². The van der Waals surface area contributed by atoms with Gasteiger partial charge in [0, 0.05) is 6.07 Å². The second kappa shape index (κ2) is 4.65. The summed E-state index contributed by atoms with van der Waals surface area (Å²) in [4.78, 5) is 21.2. The molecule has 0 radical (unpaired) electrons. The normalized spacial score (nSPS) is 10.4. The van der Waals surface area contributed by atoms with Crippen LogP contribution in [0.1, 0.15) is 16.2 Å². The van der Waals surface area contributed by atoms with E-state index in [2.05, 4.69) is 10.3 Å². The topological polar surface area (TPSA) is 111 Å². The zero-order valence-electron chi connectivity index (χ0n) is 9.57. The number of halogens is 1. The average molecular weight is 283 g/mol. The number of rotatable bonds is 3. The monoisotopic (exact) mass is 282 g/mol. The summed E-state index contributed by atoms with van der Waals surface area (Å²) >= 11 is 5.93. The number of nitro groups is 1. The Kier molecular flexibility index (Phi) is 3.17. The number of carboxylic acids is 1. The Bertz CT molecular complexity index is 682. The van der Waals surface area contributed by atoms with Crippen molar-refractivity contribution in [1.29, 1.82) is 0 Å². The van der Waals surface area contributed by atoms with Crippen molar-refractivity contribution in [3.05, 3.63) is 44.7 Å². The molecule has 0 saturated carbocycles. The minimum absolute atomic E-state index is 0.00772. The number of hydrogen-bond donors (Lipinski definition) is 1. The highest BCUT2D eigenvalue weighted by molar-refractivity contribution is 6.32. The molecule has 0 spiro atoms. The number of nitro benzene ring substituents is 1. The Labute approximate surface area is 111 Å². The highest BCUT2D eigenvalue weighted by Crippen LogP contribution is 2.30. The quantitative estimate of drug-likeness (QED) is 0.679. The first-order chi connectivity index (χ1) is 8.93. The SMILES string of the molecule is Cc1c(C(=O)O)nnn1-c1c(Cl)cccc1[N+](=O)[O-]. The molecule has 0 aliphatic heterocycles. The molecule has 1 aromatic heterocycles. The molecule has 9 heteroatoms. The Hall–Kier alpha value is -2.48. The van der Waals surface area contributed by atoms with Crippen molar-refractivity contribution in [2.75, 3.05) is 0 Å². The summed E-state index contributed by atoms with van der Waals surface area (Å²) in [5.74, 6) is -1.27. The molecule has 19 heavy (non-hydrogen) atoms. The molecule has 0 aliphatic carbocycles. The summed E-state index contributed by atoms with van der Waals surface area (Å²) in [6, 6.07) is 4.13. The van der Waals surface area contributed by atoms with Crippen LogP contribution in [0.2, 0.25) is 5.02 Å². The van der Waals surface area contributed by atoms with E-state index in [-0.39, 0.29) is 27.8 Å². The van der Waals surface area contributed by atoms with Gasteiger partial charge < -0.3 is 5.11 Å². The lowest BCUT2D eigenvalue weighted by atomic mass is 10.2. The highest BCUT2D eigenvalue weighted by atomic mass is 35.5. The maximum absolute atomic E-state index is 11.0. The second-order valence-corrected chi connectivity index (χ2v) is 4.01. The van der Waals surface area contributed by atoms with Gasteiger partial charge in [0.15, 0.2) is 11.4 Å². The predicted octanol–water partition coefficient (Wildman–Crippen LogP) is 1.84. The van der Waals surface area contributed by atoms with Crippen molar-refractivity contribution < 1.29 is 14.8 Å². The van der Waals surface area contributed by atoms with Crippen LogP contribution in [-0.2, 0) is 0 Å². The lowest BCUT2D eigenvalue weighted by molar-refractivity contribution is -0.384. The van der Waals surface area contributed by atoms with Crippen LogP contribution in [0.25, 0.3) is 5.69 Å². The standard InChI is InChI=1S/C10H7ClN4O4/c1-5-8(10(16)17)12-13-14(5)9-6(11)3-2-4-7(9)15(18)19/h2-4H,1H3,(H,16,17). The van der Waals surface area contributed by atoms with Crippen molar-refractivity contribution in [3.63, 3.8) is 0 Å². The number of benzene rings is 1. The van der Waals surface area contributed by atoms with E-state index < -0.39 is 10.9 Å². The molecular formula is C10H7ClN4O4. The summed E-state index contributed by atoms with van der Waals surface area (Å²) < 4.78 is 1.05. The number of carbonyl (C=O) groups is 1. The molecule has 0 saturated heterocycles. The van der Waals surface area contributed by atoms with Crippen LogP contribution in [0.15, 0.2) is 18.2 Å². The predicted molar refractivity (Wildman–Crippen MR) is 64.7 cm³/mol. The van der Waals surface area contributed by atoms with E-state index in [1.165, 1.54) is 25.1 Å². The maximum atomic E-state index is 11.0. The molecule has 0 fully saturated rings. The van der Waals surface area contributed by atoms with Crippen LogP contribution in [-0.4, -0.2) is 31.0 Å². The average Bonchev–Trinajstić information content (AvgIpc) is 2.70. The third kappa shape index (κ3) is 2.13. The van der Waals surface area contributed by atoms with Gasteiger partial charge in [-0.2, -0.15) is 0 Å². The van der Waals surface area contributed by atoms with E-state index in [1.54, 1.807) is 0 Å². The largest absolute Gasteiger partial charge is 0.476 e. The van der Waals surface area contributed by atoms with Crippen LogP contribution in [0.3, 0.4) is 0 Å². The Morgan fingerprint density at radius 1 is 1.53 bits per heavy atom. The van der Waals surface area contributed by atoms with Gasteiger partial charge in [-0.05, 0) is 13.0 Å². The molecule has 0 unspecified atom stereocenters. The van der Waals surface area contributed by atoms with E-state index in [4.69, 9.17) is 16.7 Å². The van der Waals surface area contributed by atoms with Gasteiger partial charge in [-0.1, -0.05) is 22.9 Å². The summed E-state index contributed by atoms with van der Waals surface area (Å²) in [5, 5.41) is 27.0. The molecular weight excluding hydrogens is 276 g/mol. The first-order valence-corrected chi connectivity index (χ1v) is 5.40. The number of carboxylic acid groups (broad SMARTS) is 1. The lowest BCUT2D eigenvalue weighted by Gasteiger charge is -2.06. The van der Waals surface area contributed by atoms with Gasteiger partial charge in [0.1, 0.15) is 0 Å². The van der Waals surface area contributed by atoms with Gasteiger partial charge in [0.25, 0.3) is 5.69 Å². The smallest absolute Gasteiger partial charge is 0.358 e. The number of para-hydroxylation sites is 1. The van der Waals surface area contributed by atoms with Crippen molar-refractivity contribution in [1.82, 2.24) is 15.0 Å². The van der Waals surface area contributed by atoms with E-state index >= 15 is 0 Å². The molecule has 1 aromatic carbocycles. The number of aromatic carboxylic acids is 1. The summed E-state index contributed by atoms with van der Waals surface area (Å²) in [6.45, 7) is 1.44. The van der Waals surface area contributed by atoms with Crippen molar-refractivity contribution >= 4 is 23.3 Å². The van der Waals surface area contributed by atoms with Gasteiger partial charge in [0.05, 0.1) is 15.6 Å². The molecule has 1 heterocycles. The molecule has 0 bridgehead atoms. The van der Waals surface area contributed by atoms with E-state index in [1.807, 2.05) is 0 Å². The number of nitrogens with zero attached hydrogens (tertiary/aromatic N) is 4. The van der Waals surface area contributed by atoms with Crippen LogP contribution < -0.4 is 0 Å². The Balaban J connectivity index is 2.72. The molecule has 0 atom stereocenters. The van der Waals surface area contributed by atoms with Gasteiger partial charge in [0.2, 0.25) is 0 Å². The third-order valence-corrected chi connectivity index (χ3v) is 2.78. The number of aromatic nitrogens is 3.